The molecule has 1 heterocycles. The van der Waals surface area contributed by atoms with Crippen molar-refractivity contribution in [1.29, 1.82) is 0 Å². The lowest BCUT2D eigenvalue weighted by Gasteiger charge is -2.28. The van der Waals surface area contributed by atoms with Crippen LogP contribution in [0.5, 0.6) is 5.75 Å². The number of rotatable bonds is 11. The predicted octanol–water partition coefficient (Wildman–Crippen LogP) is 7.00. The SMILES string of the molecule is COCC=C(C(=O)N(Cc1ccccc1)c1ccccc1OS(=O)(=O)C(F)(F)F)c1cccc2c1N(Cc1ccccc1)C(=O)C2(C)C. The van der Waals surface area contributed by atoms with E-state index in [-0.39, 0.29) is 36.9 Å². The molecule has 1 aliphatic heterocycles. The number of carbonyl (C=O) groups is 2. The van der Waals surface area contributed by atoms with Crippen molar-refractivity contribution < 1.29 is 40.1 Å². The van der Waals surface area contributed by atoms with Gasteiger partial charge in [0.15, 0.2) is 5.75 Å². The first kappa shape index (κ1) is 34.4. The van der Waals surface area contributed by atoms with Gasteiger partial charge in [-0.2, -0.15) is 21.6 Å². The minimum absolute atomic E-state index is 0.0272. The summed E-state index contributed by atoms with van der Waals surface area (Å²) in [5, 5.41) is 0. The van der Waals surface area contributed by atoms with Crippen molar-refractivity contribution in [1.82, 2.24) is 0 Å². The smallest absolute Gasteiger partial charge is 0.381 e. The number of carbonyl (C=O) groups excluding carboxylic acids is 2. The molecule has 5 rings (SSSR count). The second-order valence-corrected chi connectivity index (χ2v) is 13.1. The molecule has 4 aromatic rings. The van der Waals surface area contributed by atoms with E-state index in [1.54, 1.807) is 61.2 Å². The maximum Gasteiger partial charge on any atom is 0.534 e. The number of anilines is 2. The Bertz CT molecular complexity index is 1950. The number of amides is 2. The summed E-state index contributed by atoms with van der Waals surface area (Å²) in [5.74, 6) is -1.56. The molecule has 0 saturated carbocycles. The van der Waals surface area contributed by atoms with Gasteiger partial charge in [0.1, 0.15) is 0 Å². The van der Waals surface area contributed by atoms with Crippen LogP contribution in [0.15, 0.2) is 109 Å². The molecule has 0 atom stereocenters. The number of benzene rings is 4. The number of hydrogen-bond acceptors (Lipinski definition) is 6. The first-order valence-corrected chi connectivity index (χ1v) is 16.3. The maximum absolute atomic E-state index is 14.8. The minimum Gasteiger partial charge on any atom is -0.381 e. The Kier molecular flexibility index (Phi) is 9.79. The lowest BCUT2D eigenvalue weighted by molar-refractivity contribution is -0.122. The highest BCUT2D eigenvalue weighted by Gasteiger charge is 2.49. The van der Waals surface area contributed by atoms with E-state index in [1.165, 1.54) is 31.4 Å². The fourth-order valence-corrected chi connectivity index (χ4v) is 6.07. The molecule has 2 amide bonds. The predicted molar refractivity (Wildman–Crippen MR) is 177 cm³/mol. The van der Waals surface area contributed by atoms with E-state index in [4.69, 9.17) is 4.74 Å². The second-order valence-electron chi connectivity index (χ2n) is 11.6. The molecule has 0 fully saturated rings. The van der Waals surface area contributed by atoms with Gasteiger partial charge in [-0.15, -0.1) is 0 Å². The Labute approximate surface area is 277 Å². The van der Waals surface area contributed by atoms with Gasteiger partial charge in [-0.25, -0.2) is 0 Å². The van der Waals surface area contributed by atoms with Crippen molar-refractivity contribution in [2.24, 2.45) is 0 Å². The molecule has 0 spiro atoms. The van der Waals surface area contributed by atoms with E-state index in [0.29, 0.717) is 22.4 Å². The summed E-state index contributed by atoms with van der Waals surface area (Å²) < 4.78 is 74.4. The molecule has 0 bridgehead atoms. The van der Waals surface area contributed by atoms with Crippen LogP contribution < -0.4 is 14.0 Å². The zero-order valence-corrected chi connectivity index (χ0v) is 27.2. The third kappa shape index (κ3) is 6.85. The van der Waals surface area contributed by atoms with Crippen LogP contribution in [0.2, 0.25) is 0 Å². The molecule has 0 aliphatic carbocycles. The van der Waals surface area contributed by atoms with Crippen LogP contribution in [0.3, 0.4) is 0 Å². The number of fused-ring (bicyclic) bond motifs is 1. The highest BCUT2D eigenvalue weighted by atomic mass is 32.2. The minimum atomic E-state index is -6.07. The van der Waals surface area contributed by atoms with Crippen molar-refractivity contribution in [2.45, 2.75) is 37.9 Å². The summed E-state index contributed by atoms with van der Waals surface area (Å²) in [6.07, 6.45) is 1.53. The third-order valence-corrected chi connectivity index (χ3v) is 8.95. The molecule has 48 heavy (non-hydrogen) atoms. The Morgan fingerprint density at radius 3 is 2.10 bits per heavy atom. The monoisotopic (exact) mass is 678 g/mol. The summed E-state index contributed by atoms with van der Waals surface area (Å²) in [6.45, 7) is 3.64. The normalized spacial score (nSPS) is 14.5. The van der Waals surface area contributed by atoms with Gasteiger partial charge in [0.25, 0.3) is 5.91 Å². The number of hydrogen-bond donors (Lipinski definition) is 0. The van der Waals surface area contributed by atoms with Crippen LogP contribution in [0.4, 0.5) is 24.5 Å². The standard InChI is InChI=1S/C36H33F3N2O6S/c1-35(2)29-18-12-17-27(32(29)41(34(35)43)24-26-15-8-5-9-16-26)28(21-22-46-3)33(42)40(23-25-13-6-4-7-14-25)30-19-10-11-20-31(30)47-48(44,45)36(37,38)39/h4-21H,22-24H2,1-3H3. The maximum atomic E-state index is 14.8. The van der Waals surface area contributed by atoms with Crippen LogP contribution in [0.1, 0.15) is 36.1 Å². The van der Waals surface area contributed by atoms with E-state index < -0.39 is 32.7 Å². The number of methoxy groups -OCH3 is 1. The van der Waals surface area contributed by atoms with E-state index in [9.17, 15) is 31.2 Å². The molecule has 12 heteroatoms. The van der Waals surface area contributed by atoms with Gasteiger partial charge in [0.05, 0.1) is 36.5 Å². The molecule has 0 radical (unpaired) electrons. The lowest BCUT2D eigenvalue weighted by Crippen LogP contribution is -2.36. The molecule has 1 aliphatic rings. The molecular formula is C36H33F3N2O6S. The second kappa shape index (κ2) is 13.7. The quantitative estimate of drug-likeness (QED) is 0.0964. The van der Waals surface area contributed by atoms with Crippen molar-refractivity contribution in [3.8, 4) is 5.75 Å². The van der Waals surface area contributed by atoms with E-state index in [0.717, 1.165) is 16.5 Å². The molecule has 250 valence electrons. The molecule has 0 unspecified atom stereocenters. The number of halogens is 3. The Hall–Kier alpha value is -4.94. The molecular weight excluding hydrogens is 645 g/mol. The summed E-state index contributed by atoms with van der Waals surface area (Å²) in [7, 11) is -4.63. The first-order valence-electron chi connectivity index (χ1n) is 14.9. The van der Waals surface area contributed by atoms with Gasteiger partial charge in [-0.3, -0.25) is 9.59 Å². The average Bonchev–Trinajstić information content (AvgIpc) is 3.25. The van der Waals surface area contributed by atoms with Crippen LogP contribution in [-0.4, -0.2) is 39.5 Å². The summed E-state index contributed by atoms with van der Waals surface area (Å²) in [6, 6.07) is 28.4. The molecule has 8 nitrogen and oxygen atoms in total. The Morgan fingerprint density at radius 2 is 1.48 bits per heavy atom. The Morgan fingerprint density at radius 1 is 0.875 bits per heavy atom. The molecule has 0 N–H and O–H groups in total. The summed E-state index contributed by atoms with van der Waals surface area (Å²) in [4.78, 5) is 31.6. The number of ether oxygens (including phenoxy) is 1. The number of alkyl halides is 3. The largest absolute Gasteiger partial charge is 0.534 e. The topological polar surface area (TPSA) is 93.2 Å². The highest BCUT2D eigenvalue weighted by Crippen LogP contribution is 2.47. The van der Waals surface area contributed by atoms with Crippen molar-refractivity contribution >= 4 is 38.9 Å². The zero-order valence-electron chi connectivity index (χ0n) is 26.4. The average molecular weight is 679 g/mol. The fraction of sp³-hybridized carbons (Fsp3) is 0.222. The van der Waals surface area contributed by atoms with E-state index in [2.05, 4.69) is 4.18 Å². The third-order valence-electron chi connectivity index (χ3n) is 7.98. The zero-order chi connectivity index (χ0) is 34.7. The fourth-order valence-electron chi connectivity index (χ4n) is 5.60. The van der Waals surface area contributed by atoms with E-state index >= 15 is 0 Å². The van der Waals surface area contributed by atoms with E-state index in [1.807, 2.05) is 36.4 Å². The first-order chi connectivity index (χ1) is 22.8. The molecule has 4 aromatic carbocycles. The molecule has 0 aromatic heterocycles. The van der Waals surface area contributed by atoms with Gasteiger partial charge >= 0.3 is 15.6 Å². The van der Waals surface area contributed by atoms with Gasteiger partial charge < -0.3 is 18.7 Å². The van der Waals surface area contributed by atoms with Crippen molar-refractivity contribution in [3.05, 3.63) is 131 Å². The lowest BCUT2D eigenvalue weighted by atomic mass is 9.84. The van der Waals surface area contributed by atoms with Gasteiger partial charge in [0, 0.05) is 18.2 Å². The highest BCUT2D eigenvalue weighted by molar-refractivity contribution is 7.88. The van der Waals surface area contributed by atoms with Crippen molar-refractivity contribution in [2.75, 3.05) is 23.5 Å². The Balaban J connectivity index is 1.68. The summed E-state index contributed by atoms with van der Waals surface area (Å²) in [5.41, 5.74) is -3.72. The van der Waals surface area contributed by atoms with Gasteiger partial charge in [-0.1, -0.05) is 91.0 Å². The van der Waals surface area contributed by atoms with Gasteiger partial charge in [-0.05, 0) is 48.7 Å². The van der Waals surface area contributed by atoms with Crippen molar-refractivity contribution in [3.63, 3.8) is 0 Å². The van der Waals surface area contributed by atoms with Crippen LogP contribution in [-0.2, 0) is 42.9 Å². The molecule has 0 saturated heterocycles. The van der Waals surface area contributed by atoms with Crippen LogP contribution in [0, 0.1) is 0 Å². The summed E-state index contributed by atoms with van der Waals surface area (Å²) >= 11 is 0. The van der Waals surface area contributed by atoms with Crippen LogP contribution in [0.25, 0.3) is 5.57 Å². The van der Waals surface area contributed by atoms with Crippen LogP contribution >= 0.6 is 0 Å². The van der Waals surface area contributed by atoms with Gasteiger partial charge in [0.2, 0.25) is 5.91 Å². The number of para-hydroxylation sites is 3. The number of nitrogens with zero attached hydrogens (tertiary/aromatic N) is 2.